The monoisotopic (exact) mass is 286 g/mol. The minimum atomic E-state index is 0.776. The zero-order chi connectivity index (χ0) is 14.5. The Labute approximate surface area is 125 Å². The Kier molecular flexibility index (Phi) is 4.45. The molecule has 0 saturated carbocycles. The van der Waals surface area contributed by atoms with Crippen LogP contribution in [0, 0.1) is 5.92 Å². The molecule has 0 unspecified atom stereocenters. The molecule has 0 atom stereocenters. The first-order valence-electron chi connectivity index (χ1n) is 7.65. The van der Waals surface area contributed by atoms with Crippen LogP contribution in [0.4, 0.5) is 5.95 Å². The van der Waals surface area contributed by atoms with Crippen molar-refractivity contribution in [2.75, 3.05) is 31.1 Å². The molecule has 1 saturated heterocycles. The third kappa shape index (κ3) is 3.39. The number of nitrogens with zero attached hydrogens (tertiary/aromatic N) is 4. The van der Waals surface area contributed by atoms with E-state index in [1.165, 1.54) is 12.8 Å². The zero-order valence-corrected chi connectivity index (χ0v) is 12.4. The summed E-state index contributed by atoms with van der Waals surface area (Å²) in [6, 6.07) is 3.89. The van der Waals surface area contributed by atoms with Crippen LogP contribution in [0.5, 0.6) is 0 Å². The molecule has 0 bridgehead atoms. The molecule has 1 fully saturated rings. The van der Waals surface area contributed by atoms with Crippen molar-refractivity contribution >= 4 is 5.95 Å². The standard InChI is InChI=1S/C15H22N6/c1-2-16-10-12-5-8-21(9-6-12)15-18-14(19-20-15)13-4-3-7-17-11-13/h3-4,7,11-12,16H,2,5-6,8-10H2,1H3,(H,18,19,20). The first-order valence-corrected chi connectivity index (χ1v) is 7.65. The van der Waals surface area contributed by atoms with Gasteiger partial charge in [0.1, 0.15) is 0 Å². The van der Waals surface area contributed by atoms with Crippen LogP contribution >= 0.6 is 0 Å². The van der Waals surface area contributed by atoms with E-state index in [0.29, 0.717) is 0 Å². The summed E-state index contributed by atoms with van der Waals surface area (Å²) in [5.74, 6) is 2.36. The van der Waals surface area contributed by atoms with E-state index >= 15 is 0 Å². The third-order valence-electron chi connectivity index (χ3n) is 3.99. The van der Waals surface area contributed by atoms with Crippen LogP contribution in [-0.2, 0) is 0 Å². The van der Waals surface area contributed by atoms with Crippen LogP contribution in [0.2, 0.25) is 0 Å². The summed E-state index contributed by atoms with van der Waals surface area (Å²) in [5.41, 5.74) is 0.971. The fourth-order valence-electron chi connectivity index (χ4n) is 2.71. The van der Waals surface area contributed by atoms with E-state index in [1.54, 1.807) is 12.4 Å². The topological polar surface area (TPSA) is 69.7 Å². The quantitative estimate of drug-likeness (QED) is 0.875. The highest BCUT2D eigenvalue weighted by atomic mass is 15.4. The van der Waals surface area contributed by atoms with Gasteiger partial charge in [0, 0.05) is 31.0 Å². The molecule has 3 heterocycles. The van der Waals surface area contributed by atoms with Crippen molar-refractivity contribution < 1.29 is 0 Å². The van der Waals surface area contributed by atoms with Gasteiger partial charge >= 0.3 is 0 Å². The lowest BCUT2D eigenvalue weighted by Crippen LogP contribution is -2.37. The molecule has 112 valence electrons. The van der Waals surface area contributed by atoms with Crippen molar-refractivity contribution in [2.24, 2.45) is 5.92 Å². The second kappa shape index (κ2) is 6.67. The van der Waals surface area contributed by atoms with Crippen molar-refractivity contribution in [3.8, 4) is 11.4 Å². The van der Waals surface area contributed by atoms with Crippen LogP contribution in [0.25, 0.3) is 11.4 Å². The van der Waals surface area contributed by atoms with E-state index in [0.717, 1.165) is 49.4 Å². The first-order chi connectivity index (χ1) is 10.4. The fraction of sp³-hybridized carbons (Fsp3) is 0.533. The number of hydrogen-bond donors (Lipinski definition) is 2. The maximum absolute atomic E-state index is 4.59. The van der Waals surface area contributed by atoms with Crippen LogP contribution < -0.4 is 10.2 Å². The maximum Gasteiger partial charge on any atom is 0.245 e. The van der Waals surface area contributed by atoms with E-state index < -0.39 is 0 Å². The van der Waals surface area contributed by atoms with Gasteiger partial charge < -0.3 is 10.2 Å². The van der Waals surface area contributed by atoms with Crippen LogP contribution in [0.15, 0.2) is 24.5 Å². The third-order valence-corrected chi connectivity index (χ3v) is 3.99. The molecule has 2 N–H and O–H groups in total. The van der Waals surface area contributed by atoms with E-state index in [1.807, 2.05) is 12.1 Å². The number of anilines is 1. The molecule has 1 aliphatic heterocycles. The lowest BCUT2D eigenvalue weighted by molar-refractivity contribution is 0.384. The molecule has 6 heteroatoms. The van der Waals surface area contributed by atoms with E-state index in [2.05, 4.69) is 37.3 Å². The number of piperidine rings is 1. The molecular formula is C15H22N6. The summed E-state index contributed by atoms with van der Waals surface area (Å²) in [5, 5.41) is 10.8. The van der Waals surface area contributed by atoms with Gasteiger partial charge in [-0.25, -0.2) is 0 Å². The number of rotatable bonds is 5. The largest absolute Gasteiger partial charge is 0.340 e. The molecule has 6 nitrogen and oxygen atoms in total. The lowest BCUT2D eigenvalue weighted by Gasteiger charge is -2.31. The first kappa shape index (κ1) is 14.0. The lowest BCUT2D eigenvalue weighted by atomic mass is 9.97. The normalized spacial score (nSPS) is 16.3. The molecular weight excluding hydrogens is 264 g/mol. The minimum absolute atomic E-state index is 0.776. The predicted octanol–water partition coefficient (Wildman–Crippen LogP) is 1.69. The fourth-order valence-corrected chi connectivity index (χ4v) is 2.71. The Hall–Kier alpha value is -1.95. The Bertz CT molecular complexity index is 544. The van der Waals surface area contributed by atoms with Gasteiger partial charge in [-0.15, -0.1) is 5.10 Å². The second-order valence-corrected chi connectivity index (χ2v) is 5.46. The summed E-state index contributed by atoms with van der Waals surface area (Å²) < 4.78 is 0. The second-order valence-electron chi connectivity index (χ2n) is 5.46. The van der Waals surface area contributed by atoms with Crippen molar-refractivity contribution in [1.82, 2.24) is 25.5 Å². The smallest absolute Gasteiger partial charge is 0.245 e. The Balaban J connectivity index is 1.60. The molecule has 1 aliphatic rings. The summed E-state index contributed by atoms with van der Waals surface area (Å²) in [7, 11) is 0. The highest BCUT2D eigenvalue weighted by Crippen LogP contribution is 2.22. The highest BCUT2D eigenvalue weighted by molar-refractivity contribution is 5.54. The maximum atomic E-state index is 4.59. The molecule has 0 aromatic carbocycles. The van der Waals surface area contributed by atoms with Gasteiger partial charge in [0.15, 0.2) is 5.82 Å². The van der Waals surface area contributed by atoms with Gasteiger partial charge in [-0.2, -0.15) is 4.98 Å². The molecule has 0 spiro atoms. The Morgan fingerprint density at radius 2 is 2.24 bits per heavy atom. The number of aromatic amines is 1. The molecule has 0 aliphatic carbocycles. The van der Waals surface area contributed by atoms with Crippen LogP contribution in [0.1, 0.15) is 19.8 Å². The number of H-pyrrole nitrogens is 1. The highest BCUT2D eigenvalue weighted by Gasteiger charge is 2.21. The van der Waals surface area contributed by atoms with Gasteiger partial charge in [-0.05, 0) is 44.0 Å². The van der Waals surface area contributed by atoms with Gasteiger partial charge in [0.2, 0.25) is 5.95 Å². The average Bonchev–Trinajstić information content (AvgIpc) is 3.04. The van der Waals surface area contributed by atoms with E-state index in [4.69, 9.17) is 0 Å². The van der Waals surface area contributed by atoms with Crippen molar-refractivity contribution in [2.45, 2.75) is 19.8 Å². The Morgan fingerprint density at radius 3 is 2.95 bits per heavy atom. The van der Waals surface area contributed by atoms with Crippen LogP contribution in [-0.4, -0.2) is 46.3 Å². The number of nitrogens with one attached hydrogen (secondary N) is 2. The molecule has 0 radical (unpaired) electrons. The molecule has 2 aromatic heterocycles. The van der Waals surface area contributed by atoms with Crippen molar-refractivity contribution in [1.29, 1.82) is 0 Å². The minimum Gasteiger partial charge on any atom is -0.340 e. The van der Waals surface area contributed by atoms with Gasteiger partial charge in [-0.3, -0.25) is 10.1 Å². The summed E-state index contributed by atoms with van der Waals surface area (Å²) in [4.78, 5) is 11.0. The van der Waals surface area contributed by atoms with Gasteiger partial charge in [-0.1, -0.05) is 6.92 Å². The SMILES string of the molecule is CCNCC1CCN(c2n[nH]c(-c3cccnc3)n2)CC1. The number of hydrogen-bond acceptors (Lipinski definition) is 5. The van der Waals surface area contributed by atoms with Gasteiger partial charge in [0.05, 0.1) is 0 Å². The van der Waals surface area contributed by atoms with Gasteiger partial charge in [0.25, 0.3) is 0 Å². The van der Waals surface area contributed by atoms with Crippen LogP contribution in [0.3, 0.4) is 0 Å². The number of aromatic nitrogens is 4. The molecule has 21 heavy (non-hydrogen) atoms. The average molecular weight is 286 g/mol. The summed E-state index contributed by atoms with van der Waals surface area (Å²) in [6.07, 6.45) is 5.95. The Morgan fingerprint density at radius 1 is 1.38 bits per heavy atom. The predicted molar refractivity (Wildman–Crippen MR) is 83.1 cm³/mol. The van der Waals surface area contributed by atoms with Crippen molar-refractivity contribution in [3.05, 3.63) is 24.5 Å². The molecule has 0 amide bonds. The van der Waals surface area contributed by atoms with E-state index in [9.17, 15) is 0 Å². The van der Waals surface area contributed by atoms with E-state index in [-0.39, 0.29) is 0 Å². The summed E-state index contributed by atoms with van der Waals surface area (Å²) >= 11 is 0. The van der Waals surface area contributed by atoms with Crippen molar-refractivity contribution in [3.63, 3.8) is 0 Å². The zero-order valence-electron chi connectivity index (χ0n) is 12.4. The summed E-state index contributed by atoms with van der Waals surface area (Å²) in [6.45, 7) is 6.39. The number of pyridine rings is 1. The molecule has 2 aromatic rings. The molecule has 3 rings (SSSR count).